The van der Waals surface area contributed by atoms with Crippen LogP contribution in [0.4, 0.5) is 0 Å². The van der Waals surface area contributed by atoms with Gasteiger partial charge in [0.05, 0.1) is 0 Å². The average Bonchev–Trinajstić information content (AvgIpc) is 2.56. The summed E-state index contributed by atoms with van der Waals surface area (Å²) in [5, 5.41) is 0.391. The Bertz CT molecular complexity index is 311. The van der Waals surface area contributed by atoms with E-state index in [2.05, 4.69) is 40.2 Å². The van der Waals surface area contributed by atoms with Gasteiger partial charge in [-0.1, -0.05) is 40.5 Å². The van der Waals surface area contributed by atoms with Crippen LogP contribution in [-0.2, 0) is 6.42 Å². The van der Waals surface area contributed by atoms with E-state index < -0.39 is 0 Å². The van der Waals surface area contributed by atoms with Gasteiger partial charge in [0, 0.05) is 9.85 Å². The molecule has 76 valence electrons. The number of hydrogen-bond donors (Lipinski definition) is 0. The second-order valence-electron chi connectivity index (χ2n) is 4.00. The first-order valence-electron chi connectivity index (χ1n) is 5.15. The molecule has 0 aliphatic heterocycles. The molecule has 0 bridgehead atoms. The molecule has 2 rings (SSSR count). The summed E-state index contributed by atoms with van der Waals surface area (Å²) < 4.78 is 1.22. The zero-order valence-electron chi connectivity index (χ0n) is 8.05. The van der Waals surface area contributed by atoms with Gasteiger partial charge in [-0.15, -0.1) is 11.6 Å². The van der Waals surface area contributed by atoms with Crippen molar-refractivity contribution in [3.63, 3.8) is 0 Å². The standard InChI is InChI=1S/C12H14BrCl/c13-11-6-2-1-4-9(11)8-10-5-3-7-12(10)14/h1-2,4,6,10,12H,3,5,7-8H2. The maximum Gasteiger partial charge on any atom is 0.0367 e. The summed E-state index contributed by atoms with van der Waals surface area (Å²) in [6, 6.07) is 8.44. The van der Waals surface area contributed by atoms with Crippen LogP contribution in [0.5, 0.6) is 0 Å². The summed E-state index contributed by atoms with van der Waals surface area (Å²) in [6.45, 7) is 0. The van der Waals surface area contributed by atoms with Crippen molar-refractivity contribution in [2.75, 3.05) is 0 Å². The van der Waals surface area contributed by atoms with Crippen LogP contribution in [0.1, 0.15) is 24.8 Å². The van der Waals surface area contributed by atoms with Crippen molar-refractivity contribution in [2.24, 2.45) is 5.92 Å². The number of rotatable bonds is 2. The molecule has 0 heterocycles. The molecule has 0 amide bonds. The molecule has 2 atom stereocenters. The van der Waals surface area contributed by atoms with Gasteiger partial charge in [0.25, 0.3) is 0 Å². The van der Waals surface area contributed by atoms with Gasteiger partial charge >= 0.3 is 0 Å². The molecular weight excluding hydrogens is 259 g/mol. The molecule has 1 aromatic carbocycles. The number of halogens is 2. The van der Waals surface area contributed by atoms with Crippen molar-refractivity contribution in [3.8, 4) is 0 Å². The smallest absolute Gasteiger partial charge is 0.0367 e. The normalized spacial score (nSPS) is 26.7. The van der Waals surface area contributed by atoms with E-state index in [1.807, 2.05) is 0 Å². The summed E-state index contributed by atoms with van der Waals surface area (Å²) in [5.74, 6) is 0.676. The molecule has 1 aliphatic carbocycles. The van der Waals surface area contributed by atoms with E-state index in [-0.39, 0.29) is 0 Å². The molecule has 0 aromatic heterocycles. The van der Waals surface area contributed by atoms with Gasteiger partial charge in [0.2, 0.25) is 0 Å². The zero-order chi connectivity index (χ0) is 9.97. The minimum Gasteiger partial charge on any atom is -0.123 e. The minimum atomic E-state index is 0.391. The molecule has 1 aromatic rings. The van der Waals surface area contributed by atoms with E-state index in [0.717, 1.165) is 6.42 Å². The highest BCUT2D eigenvalue weighted by Crippen LogP contribution is 2.34. The van der Waals surface area contributed by atoms with Gasteiger partial charge in [-0.25, -0.2) is 0 Å². The van der Waals surface area contributed by atoms with Gasteiger partial charge in [0.15, 0.2) is 0 Å². The van der Waals surface area contributed by atoms with Crippen molar-refractivity contribution in [1.29, 1.82) is 0 Å². The van der Waals surface area contributed by atoms with Crippen LogP contribution in [-0.4, -0.2) is 5.38 Å². The van der Waals surface area contributed by atoms with Gasteiger partial charge in [-0.05, 0) is 36.8 Å². The van der Waals surface area contributed by atoms with Crippen LogP contribution >= 0.6 is 27.5 Å². The highest BCUT2D eigenvalue weighted by Gasteiger charge is 2.25. The van der Waals surface area contributed by atoms with Crippen molar-refractivity contribution >= 4 is 27.5 Å². The Balaban J connectivity index is 2.07. The number of alkyl halides is 1. The second-order valence-corrected chi connectivity index (χ2v) is 5.42. The molecule has 1 aliphatic rings. The van der Waals surface area contributed by atoms with Gasteiger partial charge in [-0.3, -0.25) is 0 Å². The minimum absolute atomic E-state index is 0.391. The predicted octanol–water partition coefficient (Wildman–Crippen LogP) is 4.40. The lowest BCUT2D eigenvalue weighted by atomic mass is 9.98. The fourth-order valence-corrected chi connectivity index (χ4v) is 2.98. The predicted molar refractivity (Wildman–Crippen MR) is 64.8 cm³/mol. The molecule has 2 heteroatoms. The fraction of sp³-hybridized carbons (Fsp3) is 0.500. The van der Waals surface area contributed by atoms with Crippen LogP contribution in [0.3, 0.4) is 0 Å². The molecule has 0 radical (unpaired) electrons. The topological polar surface area (TPSA) is 0 Å². The second kappa shape index (κ2) is 4.67. The summed E-state index contributed by atoms with van der Waals surface area (Å²) in [7, 11) is 0. The van der Waals surface area contributed by atoms with E-state index in [4.69, 9.17) is 11.6 Å². The maximum atomic E-state index is 6.27. The number of hydrogen-bond acceptors (Lipinski definition) is 0. The van der Waals surface area contributed by atoms with E-state index in [1.54, 1.807) is 0 Å². The molecule has 14 heavy (non-hydrogen) atoms. The van der Waals surface area contributed by atoms with Crippen LogP contribution in [0.25, 0.3) is 0 Å². The lowest BCUT2D eigenvalue weighted by Gasteiger charge is -2.14. The van der Waals surface area contributed by atoms with Crippen molar-refractivity contribution < 1.29 is 0 Å². The monoisotopic (exact) mass is 272 g/mol. The number of benzene rings is 1. The molecule has 1 fully saturated rings. The maximum absolute atomic E-state index is 6.27. The summed E-state index contributed by atoms with van der Waals surface area (Å²) in [5.41, 5.74) is 1.39. The first-order chi connectivity index (χ1) is 6.77. The third kappa shape index (κ3) is 2.32. The fourth-order valence-electron chi connectivity index (χ4n) is 2.17. The molecule has 0 N–H and O–H groups in total. The summed E-state index contributed by atoms with van der Waals surface area (Å²) >= 11 is 9.85. The van der Waals surface area contributed by atoms with E-state index >= 15 is 0 Å². The molecule has 0 saturated heterocycles. The highest BCUT2D eigenvalue weighted by atomic mass is 79.9. The Labute approximate surface area is 98.8 Å². The Hall–Kier alpha value is -0.0100. The Morgan fingerprint density at radius 1 is 1.29 bits per heavy atom. The molecular formula is C12H14BrCl. The van der Waals surface area contributed by atoms with Gasteiger partial charge in [-0.2, -0.15) is 0 Å². The van der Waals surface area contributed by atoms with Crippen LogP contribution in [0.15, 0.2) is 28.7 Å². The third-order valence-corrected chi connectivity index (χ3v) is 4.35. The van der Waals surface area contributed by atoms with Crippen LogP contribution in [0, 0.1) is 5.92 Å². The van der Waals surface area contributed by atoms with Gasteiger partial charge in [0.1, 0.15) is 0 Å². The Morgan fingerprint density at radius 3 is 2.71 bits per heavy atom. The first-order valence-corrected chi connectivity index (χ1v) is 6.38. The first kappa shape index (κ1) is 10.5. The SMILES string of the molecule is ClC1CCCC1Cc1ccccc1Br. The molecule has 2 unspecified atom stereocenters. The van der Waals surface area contributed by atoms with Crippen LogP contribution < -0.4 is 0 Å². The zero-order valence-corrected chi connectivity index (χ0v) is 10.4. The molecule has 1 saturated carbocycles. The van der Waals surface area contributed by atoms with Crippen molar-refractivity contribution in [2.45, 2.75) is 31.1 Å². The quantitative estimate of drug-likeness (QED) is 0.701. The summed E-state index contributed by atoms with van der Waals surface area (Å²) in [6.07, 6.45) is 4.89. The van der Waals surface area contributed by atoms with Crippen molar-refractivity contribution in [3.05, 3.63) is 34.3 Å². The van der Waals surface area contributed by atoms with Gasteiger partial charge < -0.3 is 0 Å². The largest absolute Gasteiger partial charge is 0.123 e. The van der Waals surface area contributed by atoms with E-state index in [1.165, 1.54) is 29.3 Å². The Morgan fingerprint density at radius 2 is 2.07 bits per heavy atom. The lowest BCUT2D eigenvalue weighted by Crippen LogP contribution is -2.10. The summed E-state index contributed by atoms with van der Waals surface area (Å²) in [4.78, 5) is 0. The van der Waals surface area contributed by atoms with E-state index in [0.29, 0.717) is 11.3 Å². The van der Waals surface area contributed by atoms with Crippen molar-refractivity contribution in [1.82, 2.24) is 0 Å². The Kier molecular flexibility index (Phi) is 3.51. The molecule has 0 spiro atoms. The molecule has 0 nitrogen and oxygen atoms in total. The van der Waals surface area contributed by atoms with E-state index in [9.17, 15) is 0 Å². The lowest BCUT2D eigenvalue weighted by molar-refractivity contribution is 0.551. The third-order valence-electron chi connectivity index (χ3n) is 3.01. The highest BCUT2D eigenvalue weighted by molar-refractivity contribution is 9.10. The average molecular weight is 274 g/mol. The van der Waals surface area contributed by atoms with Crippen LogP contribution in [0.2, 0.25) is 0 Å².